The number of allylic oxidation sites excluding steroid dienone is 2. The minimum absolute atomic E-state index is 0.0182. The second-order valence-electron chi connectivity index (χ2n) is 13.6. The van der Waals surface area contributed by atoms with E-state index >= 15 is 0 Å². The summed E-state index contributed by atoms with van der Waals surface area (Å²) in [4.78, 5) is 44.8. The third-order valence-electron chi connectivity index (χ3n) is 7.61. The Morgan fingerprint density at radius 2 is 1.31 bits per heavy atom. The summed E-state index contributed by atoms with van der Waals surface area (Å²) in [5, 5.41) is 5.14. The monoisotopic (exact) mass is 721 g/mol. The summed E-state index contributed by atoms with van der Waals surface area (Å²) in [5.74, 6) is 1.32. The number of Topliss-reactive ketones (excluding diaryl/α,β-unsaturated/α-hetero) is 2. The van der Waals surface area contributed by atoms with Gasteiger partial charge in [0.15, 0.2) is 5.78 Å². The van der Waals surface area contributed by atoms with Crippen molar-refractivity contribution in [3.05, 3.63) is 24.9 Å². The van der Waals surface area contributed by atoms with E-state index in [4.69, 9.17) is 4.74 Å². The van der Waals surface area contributed by atoms with Gasteiger partial charge in [-0.05, 0) is 78.3 Å². The van der Waals surface area contributed by atoms with Crippen LogP contribution in [-0.2, 0) is 19.1 Å². The van der Waals surface area contributed by atoms with E-state index in [1.807, 2.05) is 20.9 Å². The van der Waals surface area contributed by atoms with Crippen molar-refractivity contribution in [3.8, 4) is 12.8 Å². The molecule has 1 rings (SSSR count). The van der Waals surface area contributed by atoms with Crippen LogP contribution in [0.5, 0.6) is 0 Å². The van der Waals surface area contributed by atoms with Gasteiger partial charge in [0.2, 0.25) is 0 Å². The quantitative estimate of drug-likeness (QED) is 0.0471. The number of ketones is 2. The summed E-state index contributed by atoms with van der Waals surface area (Å²) >= 11 is 0. The lowest BCUT2D eigenvalue weighted by Gasteiger charge is -2.19. The van der Waals surface area contributed by atoms with E-state index in [2.05, 4.69) is 69.9 Å². The van der Waals surface area contributed by atoms with Crippen molar-refractivity contribution < 1.29 is 23.9 Å². The first-order chi connectivity index (χ1) is 24.4. The van der Waals surface area contributed by atoms with Crippen LogP contribution in [-0.4, -0.2) is 43.1 Å². The van der Waals surface area contributed by atoms with Crippen LogP contribution in [0.1, 0.15) is 185 Å². The fourth-order valence-corrected chi connectivity index (χ4v) is 4.59. The number of carbonyl (C=O) groups is 4. The van der Waals surface area contributed by atoms with Crippen molar-refractivity contribution in [1.82, 2.24) is 10.6 Å². The fraction of sp³-hybridized carbons (Fsp3) is 0.773. The Morgan fingerprint density at radius 1 is 0.843 bits per heavy atom. The van der Waals surface area contributed by atoms with E-state index in [0.29, 0.717) is 30.5 Å². The first kappa shape index (κ1) is 57.5. The van der Waals surface area contributed by atoms with Crippen LogP contribution in [0, 0.1) is 30.6 Å². The number of terminal acetylenes is 1. The topological polar surface area (TPSA) is 102 Å². The molecule has 0 aromatic rings. The molecule has 0 unspecified atom stereocenters. The summed E-state index contributed by atoms with van der Waals surface area (Å²) in [6.45, 7) is 23.2. The number of nitrogens with one attached hydrogen (secondary N) is 2. The molecule has 0 heterocycles. The highest BCUT2D eigenvalue weighted by Gasteiger charge is 2.38. The number of hydrogen-bond donors (Lipinski definition) is 2. The van der Waals surface area contributed by atoms with Gasteiger partial charge in [-0.25, -0.2) is 4.79 Å². The molecule has 0 saturated heterocycles. The van der Waals surface area contributed by atoms with Gasteiger partial charge in [0.05, 0.1) is 6.54 Å². The lowest BCUT2D eigenvalue weighted by atomic mass is 9.97. The zero-order chi connectivity index (χ0) is 40.3. The van der Waals surface area contributed by atoms with Gasteiger partial charge in [-0.15, -0.1) is 12.8 Å². The predicted octanol–water partition coefficient (Wildman–Crippen LogP) is 12.0. The standard InChI is InChI=1S/C16H29NO4.C12H20O.C9H20.C3H7N.C2H6.C2H2/c1-5-6-8-13(12-18)9-7-10-14(19)11-17-15(20)21-16(2,3)4;1-3-4-5-6-7-8-11-9-12(11)10(2)13;1-3-5-7-9-8-6-4-2;1-3-4-2;2*1-2/h12-13H,5-11H2,1-4H3,(H,17,20);7-8,11-12H,3-6,9H2,1-2H3;3-9H2,1-2H3;3-4H,1H2,2H3;1-2H3;1-2H/b;8-7-;;;;/t13-;11-,12-;;;;/m11..../s1. The number of unbranched alkanes of at least 4 members (excludes halogenated alkanes) is 10. The molecule has 1 aliphatic rings. The number of carbonyl (C=O) groups excluding carboxylic acids is 4. The maximum Gasteiger partial charge on any atom is 0.408 e. The smallest absolute Gasteiger partial charge is 0.408 e. The number of hydrogen-bond acceptors (Lipinski definition) is 6. The highest BCUT2D eigenvalue weighted by atomic mass is 16.6. The lowest BCUT2D eigenvalue weighted by Crippen LogP contribution is -2.35. The van der Waals surface area contributed by atoms with Crippen molar-refractivity contribution in [1.29, 1.82) is 0 Å². The number of aldehydes is 1. The van der Waals surface area contributed by atoms with Crippen LogP contribution in [0.25, 0.3) is 0 Å². The van der Waals surface area contributed by atoms with Crippen molar-refractivity contribution in [2.75, 3.05) is 13.6 Å². The SMILES string of the molecule is C#C.C=CNC.CC.CCCCC/C=C\[C@@H]1C[C@@H]1C(C)=O.CCCCCCCCC.CCCC[C@@H](C=O)CCCC(=O)CNC(=O)OC(C)(C)C. The Balaban J connectivity index is -0.000000200. The molecule has 1 aliphatic carbocycles. The normalized spacial score (nSPS) is 14.3. The van der Waals surface area contributed by atoms with Crippen LogP contribution >= 0.6 is 0 Å². The van der Waals surface area contributed by atoms with Gasteiger partial charge in [-0.1, -0.05) is 131 Å². The highest BCUT2D eigenvalue weighted by Crippen LogP contribution is 2.40. The Hall–Kier alpha value is -2.88. The molecule has 1 saturated carbocycles. The Kier molecular flexibility index (Phi) is 50.9. The van der Waals surface area contributed by atoms with Gasteiger partial charge in [0.25, 0.3) is 0 Å². The molecule has 3 atom stereocenters. The van der Waals surface area contributed by atoms with Gasteiger partial charge in [0.1, 0.15) is 17.7 Å². The minimum Gasteiger partial charge on any atom is -0.444 e. The summed E-state index contributed by atoms with van der Waals surface area (Å²) < 4.78 is 5.04. The number of rotatable bonds is 23. The van der Waals surface area contributed by atoms with Crippen LogP contribution in [0.15, 0.2) is 24.9 Å². The van der Waals surface area contributed by atoms with E-state index in [0.717, 1.165) is 38.4 Å². The van der Waals surface area contributed by atoms with E-state index in [9.17, 15) is 19.2 Å². The fourth-order valence-electron chi connectivity index (χ4n) is 4.59. The molecule has 0 bridgehead atoms. The third-order valence-corrected chi connectivity index (χ3v) is 7.61. The Morgan fingerprint density at radius 3 is 1.73 bits per heavy atom. The van der Waals surface area contributed by atoms with Crippen LogP contribution in [0.3, 0.4) is 0 Å². The molecular formula is C44H84N2O5. The number of alkyl carbamates (subject to hydrolysis) is 1. The average molecular weight is 721 g/mol. The molecule has 0 radical (unpaired) electrons. The van der Waals surface area contributed by atoms with E-state index in [1.54, 1.807) is 33.9 Å². The largest absolute Gasteiger partial charge is 0.444 e. The van der Waals surface area contributed by atoms with E-state index in [-0.39, 0.29) is 18.2 Å². The molecule has 51 heavy (non-hydrogen) atoms. The van der Waals surface area contributed by atoms with Crippen molar-refractivity contribution in [2.45, 2.75) is 190 Å². The molecule has 1 amide bonds. The van der Waals surface area contributed by atoms with Gasteiger partial charge in [-0.2, -0.15) is 0 Å². The van der Waals surface area contributed by atoms with Gasteiger partial charge >= 0.3 is 6.09 Å². The molecule has 7 nitrogen and oxygen atoms in total. The molecule has 0 aliphatic heterocycles. The van der Waals surface area contributed by atoms with Gasteiger partial charge < -0.3 is 20.2 Å². The van der Waals surface area contributed by atoms with Crippen molar-refractivity contribution >= 4 is 23.9 Å². The van der Waals surface area contributed by atoms with E-state index in [1.165, 1.54) is 70.6 Å². The van der Waals surface area contributed by atoms with Crippen LogP contribution in [0.2, 0.25) is 0 Å². The molecule has 0 aromatic heterocycles. The van der Waals surface area contributed by atoms with Crippen LogP contribution in [0.4, 0.5) is 4.79 Å². The molecule has 300 valence electrons. The maximum atomic E-state index is 11.6. The summed E-state index contributed by atoms with van der Waals surface area (Å²) in [7, 11) is 1.81. The predicted molar refractivity (Wildman–Crippen MR) is 222 cm³/mol. The average Bonchev–Trinajstić information content (AvgIpc) is 3.90. The zero-order valence-corrected chi connectivity index (χ0v) is 35.4. The van der Waals surface area contributed by atoms with Gasteiger partial charge in [0, 0.05) is 25.3 Å². The minimum atomic E-state index is -0.579. The molecule has 1 fully saturated rings. The summed E-state index contributed by atoms with van der Waals surface area (Å²) in [6.07, 6.45) is 35.5. The summed E-state index contributed by atoms with van der Waals surface area (Å²) in [5.41, 5.74) is -0.566. The zero-order valence-electron chi connectivity index (χ0n) is 35.4. The Labute approximate surface area is 317 Å². The van der Waals surface area contributed by atoms with Crippen LogP contribution < -0.4 is 10.6 Å². The molecule has 2 N–H and O–H groups in total. The molecular weight excluding hydrogens is 636 g/mol. The first-order valence-electron chi connectivity index (χ1n) is 20.1. The second kappa shape index (κ2) is 45.1. The summed E-state index contributed by atoms with van der Waals surface area (Å²) in [6, 6.07) is 0. The third kappa shape index (κ3) is 51.6. The Bertz CT molecular complexity index is 838. The lowest BCUT2D eigenvalue weighted by molar-refractivity contribution is -0.119. The number of amides is 1. The first-order valence-corrected chi connectivity index (χ1v) is 20.1. The maximum absolute atomic E-state index is 11.6. The van der Waals surface area contributed by atoms with Crippen molar-refractivity contribution in [2.24, 2.45) is 17.8 Å². The van der Waals surface area contributed by atoms with Crippen molar-refractivity contribution in [3.63, 3.8) is 0 Å². The molecule has 0 spiro atoms. The highest BCUT2D eigenvalue weighted by molar-refractivity contribution is 5.84. The molecule has 0 aromatic carbocycles. The number of ether oxygens (including phenoxy) is 1. The van der Waals surface area contributed by atoms with Gasteiger partial charge in [-0.3, -0.25) is 9.59 Å². The van der Waals surface area contributed by atoms with E-state index < -0.39 is 11.7 Å². The second-order valence-corrected chi connectivity index (χ2v) is 13.6. The molecule has 7 heteroatoms.